The lowest BCUT2D eigenvalue weighted by Gasteiger charge is -2.27. The Morgan fingerprint density at radius 3 is 2.89 bits per heavy atom. The molecule has 0 radical (unpaired) electrons. The van der Waals surface area contributed by atoms with Gasteiger partial charge >= 0.3 is 0 Å². The molecule has 102 valence electrons. The first-order valence-electron chi connectivity index (χ1n) is 7.08. The van der Waals surface area contributed by atoms with Gasteiger partial charge in [-0.3, -0.25) is 0 Å². The third-order valence-electron chi connectivity index (χ3n) is 3.38. The fourth-order valence-electron chi connectivity index (χ4n) is 2.37. The monoisotopic (exact) mass is 268 g/mol. The van der Waals surface area contributed by atoms with Gasteiger partial charge in [0, 0.05) is 30.6 Å². The van der Waals surface area contributed by atoms with E-state index in [2.05, 4.69) is 29.5 Å². The van der Waals surface area contributed by atoms with Crippen LogP contribution in [-0.4, -0.2) is 30.3 Å². The molecule has 0 spiro atoms. The highest BCUT2D eigenvalue weighted by atomic mass is 32.1. The fraction of sp³-hybridized carbons (Fsp3) is 0.786. The van der Waals surface area contributed by atoms with Crippen LogP contribution < -0.4 is 5.32 Å². The molecule has 4 heteroatoms. The molecule has 2 unspecified atom stereocenters. The van der Waals surface area contributed by atoms with Crippen molar-refractivity contribution in [1.29, 1.82) is 0 Å². The number of ether oxygens (including phenoxy) is 1. The molecule has 1 heterocycles. The van der Waals surface area contributed by atoms with E-state index in [4.69, 9.17) is 4.74 Å². The second-order valence-electron chi connectivity index (χ2n) is 4.95. The van der Waals surface area contributed by atoms with Gasteiger partial charge in [-0.2, -0.15) is 0 Å². The van der Waals surface area contributed by atoms with Crippen molar-refractivity contribution in [2.45, 2.75) is 51.7 Å². The van der Waals surface area contributed by atoms with Gasteiger partial charge in [-0.1, -0.05) is 6.92 Å². The van der Waals surface area contributed by atoms with Crippen LogP contribution in [-0.2, 0) is 11.2 Å². The summed E-state index contributed by atoms with van der Waals surface area (Å²) in [5.74, 6) is 0.763. The molecule has 0 aromatic carbocycles. The molecule has 1 aromatic rings. The Kier molecular flexibility index (Phi) is 5.60. The van der Waals surface area contributed by atoms with Crippen molar-refractivity contribution >= 4 is 11.3 Å². The average Bonchev–Trinajstić information content (AvgIpc) is 3.09. The number of hydrogen-bond acceptors (Lipinski definition) is 4. The number of aromatic nitrogens is 1. The van der Waals surface area contributed by atoms with Gasteiger partial charge < -0.3 is 10.1 Å². The minimum absolute atomic E-state index is 0.366. The molecule has 1 saturated carbocycles. The quantitative estimate of drug-likeness (QED) is 0.748. The molecule has 1 aliphatic carbocycles. The predicted octanol–water partition coefficient (Wildman–Crippen LogP) is 2.87. The summed E-state index contributed by atoms with van der Waals surface area (Å²) in [5.41, 5.74) is 0. The number of nitrogens with zero attached hydrogens (tertiary/aromatic N) is 1. The van der Waals surface area contributed by atoms with Crippen LogP contribution in [0.3, 0.4) is 0 Å². The van der Waals surface area contributed by atoms with Crippen LogP contribution in [0.25, 0.3) is 0 Å². The molecule has 1 aromatic heterocycles. The maximum Gasteiger partial charge on any atom is 0.0941 e. The van der Waals surface area contributed by atoms with Gasteiger partial charge in [0.1, 0.15) is 0 Å². The largest absolute Gasteiger partial charge is 0.377 e. The van der Waals surface area contributed by atoms with Gasteiger partial charge in [-0.25, -0.2) is 4.98 Å². The first-order valence-corrected chi connectivity index (χ1v) is 7.96. The molecule has 0 amide bonds. The van der Waals surface area contributed by atoms with Gasteiger partial charge in [0.05, 0.1) is 11.1 Å². The van der Waals surface area contributed by atoms with E-state index in [1.807, 2.05) is 6.20 Å². The Bertz CT molecular complexity index is 325. The number of hydrogen-bond donors (Lipinski definition) is 1. The van der Waals surface area contributed by atoms with Crippen molar-refractivity contribution in [3.8, 4) is 0 Å². The van der Waals surface area contributed by atoms with Crippen LogP contribution >= 0.6 is 11.3 Å². The highest BCUT2D eigenvalue weighted by Crippen LogP contribution is 2.36. The van der Waals surface area contributed by atoms with Crippen molar-refractivity contribution in [3.63, 3.8) is 0 Å². The summed E-state index contributed by atoms with van der Waals surface area (Å²) >= 11 is 1.75. The van der Waals surface area contributed by atoms with Gasteiger partial charge in [-0.05, 0) is 38.6 Å². The van der Waals surface area contributed by atoms with E-state index >= 15 is 0 Å². The molecular weight excluding hydrogens is 244 g/mol. The summed E-state index contributed by atoms with van der Waals surface area (Å²) in [6.45, 7) is 6.17. The van der Waals surface area contributed by atoms with Crippen LogP contribution in [0, 0.1) is 5.92 Å². The Morgan fingerprint density at radius 1 is 1.50 bits per heavy atom. The number of nitrogens with one attached hydrogen (secondary N) is 1. The van der Waals surface area contributed by atoms with Crippen molar-refractivity contribution < 1.29 is 4.74 Å². The summed E-state index contributed by atoms with van der Waals surface area (Å²) in [6.07, 6.45) is 7.07. The zero-order valence-electron chi connectivity index (χ0n) is 11.4. The highest BCUT2D eigenvalue weighted by molar-refractivity contribution is 7.09. The number of thiazole rings is 1. The standard InChI is InChI=1S/C14H24N2OS/c1-3-7-15-12(10-13-16-8-9-18-13)14(17-4-2)11-5-6-11/h8-9,11-12,14-15H,3-7,10H2,1-2H3. The van der Waals surface area contributed by atoms with E-state index in [1.54, 1.807) is 11.3 Å². The van der Waals surface area contributed by atoms with E-state index in [0.29, 0.717) is 12.1 Å². The normalized spacial score (nSPS) is 18.8. The molecular formula is C14H24N2OS. The molecule has 3 nitrogen and oxygen atoms in total. The van der Waals surface area contributed by atoms with E-state index in [0.717, 1.165) is 31.9 Å². The van der Waals surface area contributed by atoms with Crippen LogP contribution in [0.15, 0.2) is 11.6 Å². The first kappa shape index (κ1) is 14.0. The third kappa shape index (κ3) is 4.04. The van der Waals surface area contributed by atoms with Crippen LogP contribution in [0.2, 0.25) is 0 Å². The maximum atomic E-state index is 5.99. The molecule has 0 saturated heterocycles. The van der Waals surface area contributed by atoms with Gasteiger partial charge in [0.15, 0.2) is 0 Å². The third-order valence-corrected chi connectivity index (χ3v) is 4.18. The minimum Gasteiger partial charge on any atom is -0.377 e. The smallest absolute Gasteiger partial charge is 0.0941 e. The van der Waals surface area contributed by atoms with Crippen molar-refractivity contribution in [1.82, 2.24) is 10.3 Å². The Morgan fingerprint density at radius 2 is 2.33 bits per heavy atom. The topological polar surface area (TPSA) is 34.2 Å². The SMILES string of the molecule is CCCNC(Cc1nccs1)C(OCC)C1CC1. The Labute approximate surface area is 114 Å². The van der Waals surface area contributed by atoms with Crippen molar-refractivity contribution in [2.24, 2.45) is 5.92 Å². The highest BCUT2D eigenvalue weighted by Gasteiger charge is 2.37. The van der Waals surface area contributed by atoms with Crippen molar-refractivity contribution in [3.05, 3.63) is 16.6 Å². The first-order chi connectivity index (χ1) is 8.85. The van der Waals surface area contributed by atoms with E-state index in [-0.39, 0.29) is 0 Å². The minimum atomic E-state index is 0.366. The maximum absolute atomic E-state index is 5.99. The summed E-state index contributed by atoms with van der Waals surface area (Å²) in [5, 5.41) is 6.93. The zero-order valence-corrected chi connectivity index (χ0v) is 12.2. The second kappa shape index (κ2) is 7.22. The van der Waals surface area contributed by atoms with E-state index < -0.39 is 0 Å². The van der Waals surface area contributed by atoms with Gasteiger partial charge in [0.2, 0.25) is 0 Å². The van der Waals surface area contributed by atoms with Gasteiger partial charge in [0.25, 0.3) is 0 Å². The molecule has 2 rings (SSSR count). The molecule has 2 atom stereocenters. The summed E-state index contributed by atoms with van der Waals surface area (Å²) in [7, 11) is 0. The summed E-state index contributed by atoms with van der Waals surface area (Å²) in [6, 6.07) is 0.420. The fourth-order valence-corrected chi connectivity index (χ4v) is 3.05. The van der Waals surface area contributed by atoms with Crippen molar-refractivity contribution in [2.75, 3.05) is 13.2 Å². The van der Waals surface area contributed by atoms with Crippen LogP contribution in [0.1, 0.15) is 38.1 Å². The van der Waals surface area contributed by atoms with Gasteiger partial charge in [-0.15, -0.1) is 11.3 Å². The van der Waals surface area contributed by atoms with Crippen LogP contribution in [0.4, 0.5) is 0 Å². The lowest BCUT2D eigenvalue weighted by atomic mass is 10.0. The Balaban J connectivity index is 1.97. The lowest BCUT2D eigenvalue weighted by molar-refractivity contribution is 0.0192. The Hall–Kier alpha value is -0.450. The molecule has 0 aliphatic heterocycles. The molecule has 0 bridgehead atoms. The lowest BCUT2D eigenvalue weighted by Crippen LogP contribution is -2.44. The van der Waals surface area contributed by atoms with E-state index in [9.17, 15) is 0 Å². The molecule has 1 fully saturated rings. The van der Waals surface area contributed by atoms with E-state index in [1.165, 1.54) is 17.8 Å². The molecule has 18 heavy (non-hydrogen) atoms. The zero-order chi connectivity index (χ0) is 12.8. The van der Waals surface area contributed by atoms with Crippen LogP contribution in [0.5, 0.6) is 0 Å². The summed E-state index contributed by atoms with van der Waals surface area (Å²) < 4.78 is 5.99. The number of rotatable bonds is 9. The summed E-state index contributed by atoms with van der Waals surface area (Å²) in [4.78, 5) is 4.41. The molecule has 1 N–H and O–H groups in total. The molecule has 1 aliphatic rings. The average molecular weight is 268 g/mol. The predicted molar refractivity (Wildman–Crippen MR) is 76.0 cm³/mol. The second-order valence-corrected chi connectivity index (χ2v) is 5.93.